The molecule has 1 aromatic heterocycles. The van der Waals surface area contributed by atoms with E-state index in [1.807, 2.05) is 13.8 Å². The van der Waals surface area contributed by atoms with Crippen LogP contribution < -0.4 is 5.32 Å². The fraction of sp³-hybridized carbons (Fsp3) is 0.200. The van der Waals surface area contributed by atoms with Gasteiger partial charge in [0.15, 0.2) is 0 Å². The number of carbonyl (C=O) groups excluding carboxylic acids is 1. The molecule has 1 N–H and O–H groups in total. The number of fused-ring (bicyclic) bond motifs is 1. The van der Waals surface area contributed by atoms with E-state index < -0.39 is 5.82 Å². The maximum atomic E-state index is 13.6. The Morgan fingerprint density at radius 3 is 2.56 bits per heavy atom. The molecule has 2 aromatic carbocycles. The van der Waals surface area contributed by atoms with Crippen molar-refractivity contribution in [3.8, 4) is 0 Å². The van der Waals surface area contributed by atoms with Crippen LogP contribution in [0.25, 0.3) is 10.9 Å². The molecule has 0 radical (unpaired) electrons. The van der Waals surface area contributed by atoms with Gasteiger partial charge in [0.05, 0.1) is 17.0 Å². The fourth-order valence-corrected chi connectivity index (χ4v) is 3.43. The van der Waals surface area contributed by atoms with E-state index in [1.165, 1.54) is 23.4 Å². The predicted molar refractivity (Wildman–Crippen MR) is 102 cm³/mol. The van der Waals surface area contributed by atoms with Crippen LogP contribution in [0, 0.1) is 26.6 Å². The molecule has 5 heteroatoms. The first-order valence-corrected chi connectivity index (χ1v) is 8.99. The third-order valence-corrected chi connectivity index (χ3v) is 5.13. The number of anilines is 1. The molecule has 128 valence electrons. The summed E-state index contributed by atoms with van der Waals surface area (Å²) in [6.45, 7) is 6.09. The lowest BCUT2D eigenvalue weighted by molar-refractivity contribution is -0.113. The van der Waals surface area contributed by atoms with Crippen molar-refractivity contribution in [3.63, 3.8) is 0 Å². The number of thioether (sulfide) groups is 1. The van der Waals surface area contributed by atoms with E-state index >= 15 is 0 Å². The van der Waals surface area contributed by atoms with Gasteiger partial charge in [0.2, 0.25) is 5.91 Å². The average Bonchev–Trinajstić information content (AvgIpc) is 2.59. The van der Waals surface area contributed by atoms with Gasteiger partial charge >= 0.3 is 0 Å². The maximum Gasteiger partial charge on any atom is 0.234 e. The Hall–Kier alpha value is -2.40. The molecule has 3 aromatic rings. The van der Waals surface area contributed by atoms with Crippen molar-refractivity contribution < 1.29 is 9.18 Å². The number of benzene rings is 2. The molecular formula is C20H19FN2OS. The Balaban J connectivity index is 1.77. The Bertz CT molecular complexity index is 956. The van der Waals surface area contributed by atoms with Crippen molar-refractivity contribution in [2.45, 2.75) is 25.8 Å². The number of nitrogens with one attached hydrogen (secondary N) is 1. The van der Waals surface area contributed by atoms with Gasteiger partial charge in [0.1, 0.15) is 10.8 Å². The number of hydrogen-bond acceptors (Lipinski definition) is 3. The number of nitrogens with zero attached hydrogens (tertiary/aromatic N) is 1. The van der Waals surface area contributed by atoms with Crippen molar-refractivity contribution >= 4 is 34.3 Å². The largest absolute Gasteiger partial charge is 0.323 e. The highest BCUT2D eigenvalue weighted by molar-refractivity contribution is 8.00. The van der Waals surface area contributed by atoms with E-state index in [0.29, 0.717) is 0 Å². The molecule has 1 heterocycles. The Labute approximate surface area is 150 Å². The van der Waals surface area contributed by atoms with Gasteiger partial charge in [0.25, 0.3) is 0 Å². The lowest BCUT2D eigenvalue weighted by atomic mass is 10.0. The second kappa shape index (κ2) is 7.23. The molecule has 0 saturated heterocycles. The molecule has 3 nitrogen and oxygen atoms in total. The van der Waals surface area contributed by atoms with Crippen molar-refractivity contribution in [1.82, 2.24) is 4.98 Å². The van der Waals surface area contributed by atoms with Crippen molar-refractivity contribution in [2.24, 2.45) is 0 Å². The number of halogens is 1. The highest BCUT2D eigenvalue weighted by atomic mass is 32.2. The summed E-state index contributed by atoms with van der Waals surface area (Å²) < 4.78 is 13.6. The summed E-state index contributed by atoms with van der Waals surface area (Å²) in [5, 5.41) is 4.56. The fourth-order valence-electron chi connectivity index (χ4n) is 2.65. The zero-order valence-corrected chi connectivity index (χ0v) is 15.2. The minimum absolute atomic E-state index is 0.179. The van der Waals surface area contributed by atoms with Crippen LogP contribution in [0.2, 0.25) is 0 Å². The molecule has 0 saturated carbocycles. The lowest BCUT2D eigenvalue weighted by Crippen LogP contribution is -2.15. The second-order valence-electron chi connectivity index (χ2n) is 6.02. The lowest BCUT2D eigenvalue weighted by Gasteiger charge is -2.11. The van der Waals surface area contributed by atoms with Crippen LogP contribution in [0.3, 0.4) is 0 Å². The third kappa shape index (κ3) is 3.82. The number of hydrogen-bond donors (Lipinski definition) is 1. The highest BCUT2D eigenvalue weighted by Crippen LogP contribution is 2.28. The van der Waals surface area contributed by atoms with Gasteiger partial charge in [-0.15, -0.1) is 0 Å². The summed E-state index contributed by atoms with van der Waals surface area (Å²) in [4.78, 5) is 16.8. The Kier molecular flexibility index (Phi) is 5.04. The van der Waals surface area contributed by atoms with Gasteiger partial charge in [-0.25, -0.2) is 9.37 Å². The van der Waals surface area contributed by atoms with Crippen LogP contribution in [0.4, 0.5) is 10.1 Å². The average molecular weight is 354 g/mol. The smallest absolute Gasteiger partial charge is 0.234 e. The molecule has 0 bridgehead atoms. The summed E-state index contributed by atoms with van der Waals surface area (Å²) in [5.74, 6) is -0.511. The van der Waals surface area contributed by atoms with Crippen molar-refractivity contribution in [1.29, 1.82) is 0 Å². The molecular weight excluding hydrogens is 335 g/mol. The zero-order valence-electron chi connectivity index (χ0n) is 14.4. The van der Waals surface area contributed by atoms with Gasteiger partial charge in [-0.2, -0.15) is 0 Å². The molecule has 0 aliphatic rings. The molecule has 25 heavy (non-hydrogen) atoms. The normalized spacial score (nSPS) is 10.9. The monoisotopic (exact) mass is 354 g/mol. The quantitative estimate of drug-likeness (QED) is 0.668. The van der Waals surface area contributed by atoms with Gasteiger partial charge in [-0.1, -0.05) is 36.0 Å². The molecule has 0 unspecified atom stereocenters. The van der Waals surface area contributed by atoms with E-state index in [-0.39, 0.29) is 17.3 Å². The van der Waals surface area contributed by atoms with Gasteiger partial charge in [-0.05, 0) is 55.7 Å². The maximum absolute atomic E-state index is 13.6. The number of pyridine rings is 1. The second-order valence-corrected chi connectivity index (χ2v) is 6.99. The van der Waals surface area contributed by atoms with Crippen LogP contribution >= 0.6 is 11.8 Å². The first kappa shape index (κ1) is 17.4. The minimum Gasteiger partial charge on any atom is -0.323 e. The van der Waals surface area contributed by atoms with E-state index in [9.17, 15) is 9.18 Å². The molecule has 0 atom stereocenters. The van der Waals surface area contributed by atoms with Crippen LogP contribution in [-0.2, 0) is 4.79 Å². The Morgan fingerprint density at radius 1 is 1.08 bits per heavy atom. The first-order chi connectivity index (χ1) is 12.0. The third-order valence-electron chi connectivity index (χ3n) is 4.04. The summed E-state index contributed by atoms with van der Waals surface area (Å²) >= 11 is 1.36. The summed E-state index contributed by atoms with van der Waals surface area (Å²) in [6.07, 6.45) is 0. The van der Waals surface area contributed by atoms with Crippen molar-refractivity contribution in [3.05, 3.63) is 65.0 Å². The topological polar surface area (TPSA) is 42.0 Å². The Morgan fingerprint density at radius 2 is 1.80 bits per heavy atom. The zero-order chi connectivity index (χ0) is 18.0. The first-order valence-electron chi connectivity index (χ1n) is 8.00. The van der Waals surface area contributed by atoms with Crippen LogP contribution in [0.15, 0.2) is 47.5 Å². The number of amides is 1. The summed E-state index contributed by atoms with van der Waals surface area (Å²) in [5.41, 5.74) is 4.48. The number of aryl methyl sites for hydroxylation is 3. The highest BCUT2D eigenvalue weighted by Gasteiger charge is 2.11. The molecule has 3 rings (SSSR count). The van der Waals surface area contributed by atoms with Crippen molar-refractivity contribution in [2.75, 3.05) is 11.1 Å². The number of carbonyl (C=O) groups is 1. The molecule has 0 aliphatic carbocycles. The van der Waals surface area contributed by atoms with E-state index in [4.69, 9.17) is 4.98 Å². The number of rotatable bonds is 4. The summed E-state index contributed by atoms with van der Waals surface area (Å²) in [7, 11) is 0. The van der Waals surface area contributed by atoms with E-state index in [1.54, 1.807) is 18.2 Å². The molecule has 0 spiro atoms. The minimum atomic E-state index is -0.438. The standard InChI is InChI=1S/C20H19FN2OS/c1-12-8-9-13(2)19-15(12)10-14(3)20(23-19)25-11-18(24)22-17-7-5-4-6-16(17)21/h4-10H,11H2,1-3H3,(H,22,24). The number of para-hydroxylation sites is 1. The van der Waals surface area contributed by atoms with Gasteiger partial charge < -0.3 is 5.32 Å². The van der Waals surface area contributed by atoms with E-state index in [2.05, 4.69) is 30.4 Å². The van der Waals surface area contributed by atoms with Gasteiger partial charge in [-0.3, -0.25) is 4.79 Å². The summed E-state index contributed by atoms with van der Waals surface area (Å²) in [6, 6.07) is 12.4. The van der Waals surface area contributed by atoms with E-state index in [0.717, 1.165) is 27.1 Å². The van der Waals surface area contributed by atoms with Crippen LogP contribution in [-0.4, -0.2) is 16.6 Å². The SMILES string of the molecule is Cc1cc2c(C)ccc(C)c2nc1SCC(=O)Nc1ccccc1F. The predicted octanol–water partition coefficient (Wildman–Crippen LogP) is 5.03. The van der Waals surface area contributed by atoms with Gasteiger partial charge in [0, 0.05) is 5.39 Å². The van der Waals surface area contributed by atoms with Crippen LogP contribution in [0.1, 0.15) is 16.7 Å². The number of aromatic nitrogens is 1. The van der Waals surface area contributed by atoms with Crippen LogP contribution in [0.5, 0.6) is 0 Å². The molecule has 1 amide bonds. The molecule has 0 aliphatic heterocycles. The molecule has 0 fully saturated rings.